The highest BCUT2D eigenvalue weighted by atomic mass is 16.7. The van der Waals surface area contributed by atoms with Gasteiger partial charge in [0.25, 0.3) is 0 Å². The molecule has 2 aromatic rings. The largest absolute Gasteiger partial charge is 0.493 e. The van der Waals surface area contributed by atoms with Crippen LogP contribution < -0.4 is 18.9 Å². The average molecular weight is 426 g/mol. The zero-order chi connectivity index (χ0) is 22.4. The maximum Gasteiger partial charge on any atom is 0.338 e. The van der Waals surface area contributed by atoms with Crippen molar-refractivity contribution in [3.05, 3.63) is 58.7 Å². The molecule has 0 saturated heterocycles. The van der Waals surface area contributed by atoms with E-state index in [-0.39, 0.29) is 17.9 Å². The Labute approximate surface area is 179 Å². The summed E-state index contributed by atoms with van der Waals surface area (Å²) in [5, 5.41) is 0. The van der Waals surface area contributed by atoms with Gasteiger partial charge in [0.05, 0.1) is 39.6 Å². The number of hydrogen-bond acceptors (Lipinski definition) is 8. The van der Waals surface area contributed by atoms with Crippen LogP contribution in [-0.4, -0.2) is 47.2 Å². The summed E-state index contributed by atoms with van der Waals surface area (Å²) in [7, 11) is 5.50. The van der Waals surface area contributed by atoms with Gasteiger partial charge >= 0.3 is 11.9 Å². The van der Waals surface area contributed by atoms with Crippen LogP contribution in [0.3, 0.4) is 0 Å². The van der Waals surface area contributed by atoms with Crippen LogP contribution in [0, 0.1) is 0 Å². The highest BCUT2D eigenvalue weighted by molar-refractivity contribution is 6.12. The van der Waals surface area contributed by atoms with Crippen molar-refractivity contribution in [1.82, 2.24) is 0 Å². The van der Waals surface area contributed by atoms with Crippen molar-refractivity contribution in [1.29, 1.82) is 0 Å². The van der Waals surface area contributed by atoms with Gasteiger partial charge < -0.3 is 28.4 Å². The van der Waals surface area contributed by atoms with E-state index in [1.165, 1.54) is 40.6 Å². The fraction of sp³-hybridized carbons (Fsp3) is 0.217. The molecule has 0 amide bonds. The molecule has 2 aromatic carbocycles. The van der Waals surface area contributed by atoms with E-state index >= 15 is 0 Å². The molecule has 0 atom stereocenters. The minimum Gasteiger partial charge on any atom is -0.493 e. The molecule has 1 aliphatic heterocycles. The van der Waals surface area contributed by atoms with Crippen molar-refractivity contribution in [2.75, 3.05) is 35.2 Å². The van der Waals surface area contributed by atoms with Crippen molar-refractivity contribution in [2.45, 2.75) is 0 Å². The lowest BCUT2D eigenvalue weighted by Gasteiger charge is -2.11. The third-order valence-electron chi connectivity index (χ3n) is 4.53. The number of carbonyl (C=O) groups excluding carboxylic acids is 2. The van der Waals surface area contributed by atoms with Crippen molar-refractivity contribution in [3.8, 4) is 23.0 Å². The Morgan fingerprint density at radius 3 is 1.87 bits per heavy atom. The highest BCUT2D eigenvalue weighted by Crippen LogP contribution is 2.34. The number of hydrogen-bond donors (Lipinski definition) is 0. The molecule has 0 N–H and O–H groups in total. The molecular formula is C23H22O8. The van der Waals surface area contributed by atoms with E-state index in [4.69, 9.17) is 28.4 Å². The topological polar surface area (TPSA) is 89.5 Å². The van der Waals surface area contributed by atoms with Gasteiger partial charge in [0, 0.05) is 0 Å². The number of rotatable bonds is 7. The average Bonchev–Trinajstić information content (AvgIpc) is 3.28. The summed E-state index contributed by atoms with van der Waals surface area (Å²) in [5.41, 5.74) is 1.24. The Morgan fingerprint density at radius 1 is 0.742 bits per heavy atom. The molecule has 8 heteroatoms. The van der Waals surface area contributed by atoms with E-state index in [1.54, 1.807) is 36.4 Å². The quantitative estimate of drug-likeness (QED) is 0.379. The number of benzene rings is 2. The first-order chi connectivity index (χ1) is 15.0. The van der Waals surface area contributed by atoms with Crippen LogP contribution in [0.15, 0.2) is 47.5 Å². The zero-order valence-electron chi connectivity index (χ0n) is 17.6. The molecule has 0 bridgehead atoms. The molecule has 0 aromatic heterocycles. The molecule has 0 saturated carbocycles. The molecule has 1 aliphatic rings. The minimum absolute atomic E-state index is 0.0132. The Kier molecular flexibility index (Phi) is 6.81. The van der Waals surface area contributed by atoms with Gasteiger partial charge in [-0.2, -0.15) is 0 Å². The Bertz CT molecular complexity index is 1050. The van der Waals surface area contributed by atoms with Gasteiger partial charge in [-0.05, 0) is 47.5 Å². The summed E-state index contributed by atoms with van der Waals surface area (Å²) >= 11 is 0. The summed E-state index contributed by atoms with van der Waals surface area (Å²) in [6.45, 7) is 0.124. The van der Waals surface area contributed by atoms with Crippen molar-refractivity contribution >= 4 is 24.1 Å². The first-order valence-electron chi connectivity index (χ1n) is 9.22. The van der Waals surface area contributed by atoms with Crippen molar-refractivity contribution in [3.63, 3.8) is 0 Å². The predicted molar refractivity (Wildman–Crippen MR) is 112 cm³/mol. The summed E-state index contributed by atoms with van der Waals surface area (Å²) < 4.78 is 31.1. The van der Waals surface area contributed by atoms with Gasteiger partial charge in [0.2, 0.25) is 6.79 Å². The van der Waals surface area contributed by atoms with Crippen LogP contribution in [0.4, 0.5) is 0 Å². The molecule has 31 heavy (non-hydrogen) atoms. The molecule has 162 valence electrons. The number of esters is 2. The Balaban J connectivity index is 2.11. The van der Waals surface area contributed by atoms with Crippen LogP contribution in [-0.2, 0) is 19.1 Å². The smallest absolute Gasteiger partial charge is 0.338 e. The molecule has 0 aliphatic carbocycles. The van der Waals surface area contributed by atoms with Gasteiger partial charge in [-0.25, -0.2) is 9.59 Å². The summed E-state index contributed by atoms with van der Waals surface area (Å²) in [4.78, 5) is 25.2. The van der Waals surface area contributed by atoms with E-state index in [0.717, 1.165) is 0 Å². The van der Waals surface area contributed by atoms with Gasteiger partial charge in [-0.1, -0.05) is 12.1 Å². The van der Waals surface area contributed by atoms with Crippen LogP contribution in [0.5, 0.6) is 23.0 Å². The zero-order valence-corrected chi connectivity index (χ0v) is 17.6. The monoisotopic (exact) mass is 426 g/mol. The van der Waals surface area contributed by atoms with E-state index in [9.17, 15) is 9.59 Å². The van der Waals surface area contributed by atoms with Crippen LogP contribution in [0.25, 0.3) is 12.2 Å². The lowest BCUT2D eigenvalue weighted by Crippen LogP contribution is -2.15. The molecule has 8 nitrogen and oxygen atoms in total. The van der Waals surface area contributed by atoms with Crippen molar-refractivity contribution in [2.24, 2.45) is 0 Å². The van der Waals surface area contributed by atoms with Gasteiger partial charge in [-0.15, -0.1) is 0 Å². The summed E-state index contributed by atoms with van der Waals surface area (Å²) in [6, 6.07) is 10.3. The number of carbonyl (C=O) groups is 2. The van der Waals surface area contributed by atoms with E-state index in [1.807, 2.05) is 0 Å². The highest BCUT2D eigenvalue weighted by Gasteiger charge is 2.23. The summed E-state index contributed by atoms with van der Waals surface area (Å²) in [6.07, 6.45) is 3.04. The third-order valence-corrected chi connectivity index (χ3v) is 4.53. The van der Waals surface area contributed by atoms with Gasteiger partial charge in [-0.3, -0.25) is 0 Å². The molecule has 1 heterocycles. The lowest BCUT2D eigenvalue weighted by atomic mass is 9.99. The lowest BCUT2D eigenvalue weighted by molar-refractivity contribution is -0.139. The van der Waals surface area contributed by atoms with E-state index in [2.05, 4.69) is 0 Å². The molecule has 0 unspecified atom stereocenters. The number of ether oxygens (including phenoxy) is 6. The molecule has 0 fully saturated rings. The van der Waals surface area contributed by atoms with Gasteiger partial charge in [0.15, 0.2) is 23.0 Å². The fourth-order valence-corrected chi connectivity index (χ4v) is 2.99. The Morgan fingerprint density at radius 2 is 1.29 bits per heavy atom. The third kappa shape index (κ3) is 4.80. The van der Waals surface area contributed by atoms with Crippen LogP contribution in [0.2, 0.25) is 0 Å². The molecule has 0 radical (unpaired) electrons. The second kappa shape index (κ2) is 9.71. The standard InChI is InChI=1S/C23H22O8/c1-26-18-7-5-14(11-20(18)27-2)9-16(22(24)28-3)17(23(25)29-4)10-15-6-8-19-21(12-15)31-13-30-19/h5-12H,13H2,1-4H3. The van der Waals surface area contributed by atoms with Crippen LogP contribution >= 0.6 is 0 Å². The first kappa shape index (κ1) is 21.8. The second-order valence-electron chi connectivity index (χ2n) is 6.33. The summed E-state index contributed by atoms with van der Waals surface area (Å²) in [5.74, 6) is 0.748. The normalized spacial score (nSPS) is 12.9. The maximum absolute atomic E-state index is 12.6. The SMILES string of the molecule is COC(=O)C(=Cc1ccc(OC)c(OC)c1)C(=Cc1ccc2c(c1)OCO2)C(=O)OC. The molecular weight excluding hydrogens is 404 g/mol. The molecule has 3 rings (SSSR count). The first-order valence-corrected chi connectivity index (χ1v) is 9.22. The Hall–Kier alpha value is -3.94. The second-order valence-corrected chi connectivity index (χ2v) is 6.33. The van der Waals surface area contributed by atoms with Crippen LogP contribution in [0.1, 0.15) is 11.1 Å². The number of fused-ring (bicyclic) bond motifs is 1. The maximum atomic E-state index is 12.6. The molecule has 0 spiro atoms. The van der Waals surface area contributed by atoms with Crippen molar-refractivity contribution < 1.29 is 38.0 Å². The number of methoxy groups -OCH3 is 4. The predicted octanol–water partition coefficient (Wildman–Crippen LogP) is 3.25. The fourth-order valence-electron chi connectivity index (χ4n) is 2.99. The van der Waals surface area contributed by atoms with Gasteiger partial charge in [0.1, 0.15) is 0 Å². The van der Waals surface area contributed by atoms with E-state index < -0.39 is 11.9 Å². The van der Waals surface area contributed by atoms with E-state index in [0.29, 0.717) is 34.1 Å². The minimum atomic E-state index is -0.702.